The van der Waals surface area contributed by atoms with Crippen LogP contribution < -0.4 is 10.5 Å². The maximum Gasteiger partial charge on any atom is 0.240 e. The van der Waals surface area contributed by atoms with Gasteiger partial charge in [-0.15, -0.1) is 0 Å². The lowest BCUT2D eigenvalue weighted by Gasteiger charge is -2.34. The molecule has 0 radical (unpaired) electrons. The Bertz CT molecular complexity index is 1480. The molecule has 0 amide bonds. The van der Waals surface area contributed by atoms with E-state index in [1.807, 2.05) is 48.7 Å². The van der Waals surface area contributed by atoms with Crippen molar-refractivity contribution in [3.8, 4) is 11.3 Å². The van der Waals surface area contributed by atoms with Crippen LogP contribution in [-0.4, -0.2) is 40.0 Å². The lowest BCUT2D eigenvalue weighted by atomic mass is 9.81. The zero-order chi connectivity index (χ0) is 24.7. The molecule has 1 saturated carbocycles. The van der Waals surface area contributed by atoms with Gasteiger partial charge in [-0.05, 0) is 50.8 Å². The van der Waals surface area contributed by atoms with Gasteiger partial charge in [0.2, 0.25) is 10.0 Å². The smallest absolute Gasteiger partial charge is 0.240 e. The molecule has 8 nitrogen and oxygen atoms in total. The summed E-state index contributed by atoms with van der Waals surface area (Å²) in [7, 11) is -3.73. The fourth-order valence-corrected chi connectivity index (χ4v) is 6.21. The number of nitrogens with zero attached hydrogens (tertiary/aromatic N) is 3. The summed E-state index contributed by atoms with van der Waals surface area (Å²) in [5.74, 6) is 0.00522. The van der Waals surface area contributed by atoms with Crippen LogP contribution in [0.15, 0.2) is 65.8 Å². The van der Waals surface area contributed by atoms with Crippen molar-refractivity contribution >= 4 is 21.5 Å². The lowest BCUT2D eigenvalue weighted by Crippen LogP contribution is -2.44. The van der Waals surface area contributed by atoms with E-state index in [9.17, 15) is 13.5 Å². The largest absolute Gasteiger partial charge is 0.393 e. The van der Waals surface area contributed by atoms with Gasteiger partial charge in [-0.2, -0.15) is 0 Å². The zero-order valence-corrected chi connectivity index (χ0v) is 20.5. The van der Waals surface area contributed by atoms with E-state index in [1.165, 1.54) is 0 Å². The molecule has 35 heavy (non-hydrogen) atoms. The number of nitrogens with one attached hydrogen (secondary N) is 1. The molecule has 2 aromatic carbocycles. The van der Waals surface area contributed by atoms with Gasteiger partial charge in [0.15, 0.2) is 11.5 Å². The van der Waals surface area contributed by atoms with Crippen molar-refractivity contribution in [2.24, 2.45) is 0 Å². The molecule has 1 fully saturated rings. The van der Waals surface area contributed by atoms with Gasteiger partial charge in [0.25, 0.3) is 0 Å². The number of hydrogen-bond donors (Lipinski definition) is 3. The monoisotopic (exact) mass is 491 g/mol. The molecule has 2 aromatic heterocycles. The number of aliphatic hydroxyl groups excluding tert-OH is 1. The first kappa shape index (κ1) is 23.5. The van der Waals surface area contributed by atoms with Crippen LogP contribution in [0.4, 0.5) is 5.82 Å². The molecule has 4 aromatic rings. The van der Waals surface area contributed by atoms with Gasteiger partial charge in [0.1, 0.15) is 0 Å². The second kappa shape index (κ2) is 9.07. The Morgan fingerprint density at radius 2 is 1.83 bits per heavy atom. The van der Waals surface area contributed by atoms with Crippen molar-refractivity contribution in [1.82, 2.24) is 19.1 Å². The highest BCUT2D eigenvalue weighted by Gasteiger charge is 2.36. The van der Waals surface area contributed by atoms with Crippen LogP contribution in [0.3, 0.4) is 0 Å². The molecule has 0 spiro atoms. The minimum absolute atomic E-state index is 0.224. The number of aryl methyl sites for hydroxylation is 2. The molecule has 0 saturated heterocycles. The SMILES string of the molecule is Cc1ccc(S(=O)(=O)NC2CCC(O)CC2c2cnc3c(N)nc(-c4ccccc4C)cn23)cc1. The standard InChI is InChI=1S/C26H29N5O3S/c1-16-7-10-19(11-8-16)35(33,34)30-22-12-9-18(32)13-21(22)24-14-28-26-25(27)29-23(15-31(24)26)20-6-4-3-5-17(20)2/h3-8,10-11,14-15,18,21-22,30,32H,9,12-13H2,1-2H3,(H2,27,29). The molecule has 9 heteroatoms. The highest BCUT2D eigenvalue weighted by molar-refractivity contribution is 7.89. The number of hydrogen-bond acceptors (Lipinski definition) is 6. The third kappa shape index (κ3) is 4.54. The highest BCUT2D eigenvalue weighted by Crippen LogP contribution is 2.36. The Morgan fingerprint density at radius 1 is 1.09 bits per heavy atom. The first-order chi connectivity index (χ1) is 16.7. The summed E-state index contributed by atoms with van der Waals surface area (Å²) >= 11 is 0. The fourth-order valence-electron chi connectivity index (χ4n) is 4.90. The fraction of sp³-hybridized carbons (Fsp3) is 0.308. The Balaban J connectivity index is 1.55. The number of benzene rings is 2. The van der Waals surface area contributed by atoms with Crippen LogP contribution in [0, 0.1) is 13.8 Å². The number of nitrogen functional groups attached to an aromatic ring is 1. The summed E-state index contributed by atoms with van der Waals surface area (Å²) in [6.45, 7) is 3.93. The Labute approximate surface area is 204 Å². The predicted molar refractivity (Wildman–Crippen MR) is 135 cm³/mol. The average Bonchev–Trinajstić information content (AvgIpc) is 3.25. The second-order valence-electron chi connectivity index (χ2n) is 9.32. The van der Waals surface area contributed by atoms with Gasteiger partial charge >= 0.3 is 0 Å². The molecule has 1 aliphatic rings. The molecular weight excluding hydrogens is 462 g/mol. The van der Waals surface area contributed by atoms with Crippen LogP contribution in [0.25, 0.3) is 16.9 Å². The van der Waals surface area contributed by atoms with E-state index in [2.05, 4.69) is 14.7 Å². The van der Waals surface area contributed by atoms with Gasteiger partial charge in [0.05, 0.1) is 16.7 Å². The molecule has 3 unspecified atom stereocenters. The number of aliphatic hydroxyl groups is 1. The zero-order valence-electron chi connectivity index (χ0n) is 19.7. The normalized spacial score (nSPS) is 20.8. The molecular formula is C26H29N5O3S. The molecule has 5 rings (SSSR count). The Morgan fingerprint density at radius 3 is 2.57 bits per heavy atom. The summed E-state index contributed by atoms with van der Waals surface area (Å²) in [6.07, 6.45) is 4.52. The lowest BCUT2D eigenvalue weighted by molar-refractivity contribution is 0.107. The number of fused-ring (bicyclic) bond motifs is 1. The van der Waals surface area contributed by atoms with Gasteiger partial charge in [-0.3, -0.25) is 4.40 Å². The minimum atomic E-state index is -3.73. The van der Waals surface area contributed by atoms with E-state index < -0.39 is 22.2 Å². The third-order valence-electron chi connectivity index (χ3n) is 6.81. The van der Waals surface area contributed by atoms with Gasteiger partial charge in [-0.25, -0.2) is 23.1 Å². The van der Waals surface area contributed by atoms with E-state index in [4.69, 9.17) is 5.73 Å². The molecule has 4 N–H and O–H groups in total. The van der Waals surface area contributed by atoms with E-state index >= 15 is 0 Å². The number of nitrogens with two attached hydrogens (primary N) is 1. The number of imidazole rings is 1. The van der Waals surface area contributed by atoms with Crippen molar-refractivity contribution in [3.63, 3.8) is 0 Å². The third-order valence-corrected chi connectivity index (χ3v) is 8.31. The van der Waals surface area contributed by atoms with Crippen molar-refractivity contribution in [1.29, 1.82) is 0 Å². The van der Waals surface area contributed by atoms with Crippen molar-refractivity contribution in [2.75, 3.05) is 5.73 Å². The van der Waals surface area contributed by atoms with Crippen LogP contribution in [-0.2, 0) is 10.0 Å². The van der Waals surface area contributed by atoms with Gasteiger partial charge in [-0.1, -0.05) is 42.0 Å². The van der Waals surface area contributed by atoms with Crippen LogP contribution in [0.2, 0.25) is 0 Å². The highest BCUT2D eigenvalue weighted by atomic mass is 32.2. The Hall–Kier alpha value is -3.27. The number of anilines is 1. The second-order valence-corrected chi connectivity index (χ2v) is 11.0. The van der Waals surface area contributed by atoms with E-state index in [0.29, 0.717) is 36.4 Å². The number of sulfonamides is 1. The molecule has 2 heterocycles. The van der Waals surface area contributed by atoms with E-state index in [1.54, 1.807) is 30.5 Å². The average molecular weight is 492 g/mol. The molecule has 0 aliphatic heterocycles. The number of rotatable bonds is 5. The van der Waals surface area contributed by atoms with Gasteiger partial charge in [0, 0.05) is 35.6 Å². The van der Waals surface area contributed by atoms with Crippen LogP contribution in [0.1, 0.15) is 42.0 Å². The van der Waals surface area contributed by atoms with Crippen molar-refractivity contribution < 1.29 is 13.5 Å². The number of aromatic nitrogens is 3. The predicted octanol–water partition coefficient (Wildman–Crippen LogP) is 3.57. The first-order valence-corrected chi connectivity index (χ1v) is 13.2. The van der Waals surface area contributed by atoms with Crippen LogP contribution in [0.5, 0.6) is 0 Å². The molecule has 3 atom stereocenters. The summed E-state index contributed by atoms with van der Waals surface area (Å²) in [5, 5.41) is 10.5. The molecule has 0 bridgehead atoms. The van der Waals surface area contributed by atoms with Crippen molar-refractivity contribution in [2.45, 2.75) is 56.1 Å². The first-order valence-electron chi connectivity index (χ1n) is 11.7. The van der Waals surface area contributed by atoms with Crippen LogP contribution >= 0.6 is 0 Å². The Kier molecular flexibility index (Phi) is 6.08. The topological polar surface area (TPSA) is 123 Å². The summed E-state index contributed by atoms with van der Waals surface area (Å²) in [5.41, 5.74) is 11.3. The maximum absolute atomic E-state index is 13.2. The van der Waals surface area contributed by atoms with E-state index in [-0.39, 0.29) is 10.8 Å². The summed E-state index contributed by atoms with van der Waals surface area (Å²) in [4.78, 5) is 9.28. The summed E-state index contributed by atoms with van der Waals surface area (Å²) < 4.78 is 31.1. The van der Waals surface area contributed by atoms with Gasteiger partial charge < -0.3 is 10.8 Å². The summed E-state index contributed by atoms with van der Waals surface area (Å²) in [6, 6.07) is 14.3. The molecule has 1 aliphatic carbocycles. The quantitative estimate of drug-likeness (QED) is 0.392. The minimum Gasteiger partial charge on any atom is -0.393 e. The van der Waals surface area contributed by atoms with E-state index in [0.717, 1.165) is 22.4 Å². The van der Waals surface area contributed by atoms with Crippen molar-refractivity contribution in [3.05, 3.63) is 77.7 Å². The maximum atomic E-state index is 13.2. The molecule has 182 valence electrons.